The summed E-state index contributed by atoms with van der Waals surface area (Å²) in [4.78, 5) is 4.46. The Balaban J connectivity index is 2.66. The summed E-state index contributed by atoms with van der Waals surface area (Å²) in [5.74, 6) is 0. The zero-order chi connectivity index (χ0) is 12.6. The minimum atomic E-state index is 0.407. The number of hydrogen-bond donors (Lipinski definition) is 1. The van der Waals surface area contributed by atoms with Gasteiger partial charge in [0.15, 0.2) is 0 Å². The number of nitrogens with one attached hydrogen (secondary N) is 1. The lowest BCUT2D eigenvalue weighted by Gasteiger charge is -2.32. The van der Waals surface area contributed by atoms with Gasteiger partial charge in [0.05, 0.1) is 5.01 Å². The molecular formula is C14H26N2S. The van der Waals surface area contributed by atoms with Crippen LogP contribution in [-0.4, -0.2) is 18.1 Å². The Bertz CT molecular complexity index is 274. The predicted molar refractivity (Wildman–Crippen MR) is 76.6 cm³/mol. The van der Waals surface area contributed by atoms with Gasteiger partial charge < -0.3 is 5.32 Å². The first-order valence-corrected chi connectivity index (χ1v) is 7.73. The molecule has 0 spiro atoms. The molecule has 1 heterocycles. The zero-order valence-electron chi connectivity index (χ0n) is 11.5. The van der Waals surface area contributed by atoms with Crippen LogP contribution in [0.2, 0.25) is 0 Å². The van der Waals surface area contributed by atoms with Crippen LogP contribution in [0, 0.1) is 5.41 Å². The molecule has 1 rings (SSSR count). The van der Waals surface area contributed by atoms with Crippen LogP contribution in [0.4, 0.5) is 0 Å². The van der Waals surface area contributed by atoms with Crippen LogP contribution < -0.4 is 5.32 Å². The number of hydrogen-bond acceptors (Lipinski definition) is 3. The molecular weight excluding hydrogens is 228 g/mol. The predicted octanol–water partition coefficient (Wildman–Crippen LogP) is 3.88. The first-order chi connectivity index (χ1) is 8.26. The number of nitrogens with zero attached hydrogens (tertiary/aromatic N) is 1. The number of rotatable bonds is 9. The fourth-order valence-corrected chi connectivity index (χ4v) is 3.06. The Hall–Kier alpha value is -0.410. The van der Waals surface area contributed by atoms with Gasteiger partial charge in [-0.1, -0.05) is 33.6 Å². The Morgan fingerprint density at radius 1 is 1.35 bits per heavy atom. The van der Waals surface area contributed by atoms with Gasteiger partial charge in [0, 0.05) is 24.5 Å². The fraction of sp³-hybridized carbons (Fsp3) is 0.786. The highest BCUT2D eigenvalue weighted by Gasteiger charge is 2.28. The van der Waals surface area contributed by atoms with Crippen molar-refractivity contribution in [2.75, 3.05) is 13.1 Å². The van der Waals surface area contributed by atoms with Crippen molar-refractivity contribution in [2.45, 2.75) is 52.9 Å². The average Bonchev–Trinajstić information content (AvgIpc) is 2.85. The van der Waals surface area contributed by atoms with Gasteiger partial charge in [0.2, 0.25) is 0 Å². The van der Waals surface area contributed by atoms with Crippen LogP contribution in [0.1, 0.15) is 51.5 Å². The van der Waals surface area contributed by atoms with Gasteiger partial charge in [-0.15, -0.1) is 11.3 Å². The molecule has 0 amide bonds. The monoisotopic (exact) mass is 254 g/mol. The molecule has 2 nitrogen and oxygen atoms in total. The van der Waals surface area contributed by atoms with E-state index in [4.69, 9.17) is 0 Å². The summed E-state index contributed by atoms with van der Waals surface area (Å²) in [6, 6.07) is 0. The summed E-state index contributed by atoms with van der Waals surface area (Å²) in [5, 5.41) is 6.92. The maximum atomic E-state index is 4.46. The Labute approximate surface area is 110 Å². The topological polar surface area (TPSA) is 24.9 Å². The molecule has 1 aromatic heterocycles. The highest BCUT2D eigenvalue weighted by molar-refractivity contribution is 7.09. The summed E-state index contributed by atoms with van der Waals surface area (Å²) in [5.41, 5.74) is 0.407. The third kappa shape index (κ3) is 4.76. The SMILES string of the molecule is CCCCC(CC)(CNCC)Cc1nccs1. The van der Waals surface area contributed by atoms with Crippen molar-refractivity contribution in [3.63, 3.8) is 0 Å². The van der Waals surface area contributed by atoms with Crippen LogP contribution in [-0.2, 0) is 6.42 Å². The van der Waals surface area contributed by atoms with E-state index in [1.807, 2.05) is 6.20 Å². The lowest BCUT2D eigenvalue weighted by molar-refractivity contribution is 0.230. The lowest BCUT2D eigenvalue weighted by Crippen LogP contribution is -2.35. The van der Waals surface area contributed by atoms with E-state index in [2.05, 4.69) is 36.5 Å². The molecule has 0 radical (unpaired) electrons. The van der Waals surface area contributed by atoms with Crippen molar-refractivity contribution in [3.05, 3.63) is 16.6 Å². The molecule has 0 bridgehead atoms. The number of aromatic nitrogens is 1. The molecule has 98 valence electrons. The van der Waals surface area contributed by atoms with Crippen molar-refractivity contribution in [1.29, 1.82) is 0 Å². The molecule has 0 saturated carbocycles. The Morgan fingerprint density at radius 3 is 2.71 bits per heavy atom. The molecule has 1 N–H and O–H groups in total. The van der Waals surface area contributed by atoms with E-state index in [0.29, 0.717) is 5.41 Å². The van der Waals surface area contributed by atoms with Crippen molar-refractivity contribution in [3.8, 4) is 0 Å². The second-order valence-corrected chi connectivity index (χ2v) is 5.82. The highest BCUT2D eigenvalue weighted by atomic mass is 32.1. The average molecular weight is 254 g/mol. The molecule has 0 aliphatic carbocycles. The molecule has 0 saturated heterocycles. The van der Waals surface area contributed by atoms with Crippen LogP contribution in [0.5, 0.6) is 0 Å². The summed E-state index contributed by atoms with van der Waals surface area (Å²) in [6.45, 7) is 8.96. The van der Waals surface area contributed by atoms with E-state index in [9.17, 15) is 0 Å². The molecule has 1 aromatic rings. The zero-order valence-corrected chi connectivity index (χ0v) is 12.3. The van der Waals surface area contributed by atoms with Gasteiger partial charge in [0.1, 0.15) is 0 Å². The summed E-state index contributed by atoms with van der Waals surface area (Å²) < 4.78 is 0. The Morgan fingerprint density at radius 2 is 2.18 bits per heavy atom. The molecule has 1 unspecified atom stereocenters. The van der Waals surface area contributed by atoms with E-state index < -0.39 is 0 Å². The lowest BCUT2D eigenvalue weighted by atomic mass is 9.77. The van der Waals surface area contributed by atoms with E-state index in [0.717, 1.165) is 19.5 Å². The maximum absolute atomic E-state index is 4.46. The van der Waals surface area contributed by atoms with Crippen LogP contribution >= 0.6 is 11.3 Å². The van der Waals surface area contributed by atoms with Crippen LogP contribution in [0.15, 0.2) is 11.6 Å². The van der Waals surface area contributed by atoms with E-state index in [-0.39, 0.29) is 0 Å². The van der Waals surface area contributed by atoms with Gasteiger partial charge in [-0.3, -0.25) is 0 Å². The quantitative estimate of drug-likeness (QED) is 0.723. The third-order valence-electron chi connectivity index (χ3n) is 3.57. The second-order valence-electron chi connectivity index (χ2n) is 4.84. The smallest absolute Gasteiger partial charge is 0.0930 e. The largest absolute Gasteiger partial charge is 0.316 e. The minimum Gasteiger partial charge on any atom is -0.316 e. The highest BCUT2D eigenvalue weighted by Crippen LogP contribution is 2.33. The molecule has 17 heavy (non-hydrogen) atoms. The number of thiazole rings is 1. The fourth-order valence-electron chi connectivity index (χ4n) is 2.27. The van der Waals surface area contributed by atoms with Gasteiger partial charge in [-0.05, 0) is 24.8 Å². The molecule has 0 aliphatic heterocycles. The van der Waals surface area contributed by atoms with Crippen molar-refractivity contribution < 1.29 is 0 Å². The van der Waals surface area contributed by atoms with Crippen molar-refractivity contribution >= 4 is 11.3 Å². The summed E-state index contributed by atoms with van der Waals surface area (Å²) in [7, 11) is 0. The summed E-state index contributed by atoms with van der Waals surface area (Å²) in [6.07, 6.45) is 8.21. The molecule has 1 atom stereocenters. The second kappa shape index (κ2) is 7.83. The Kier molecular flexibility index (Phi) is 6.75. The molecule has 3 heteroatoms. The standard InChI is InChI=1S/C14H26N2S/c1-4-7-8-14(5-2,12-15-6-3)11-13-16-9-10-17-13/h9-10,15H,4-8,11-12H2,1-3H3. The van der Waals surface area contributed by atoms with Gasteiger partial charge in [0.25, 0.3) is 0 Å². The van der Waals surface area contributed by atoms with E-state index in [1.54, 1.807) is 11.3 Å². The maximum Gasteiger partial charge on any atom is 0.0930 e. The molecule has 0 fully saturated rings. The van der Waals surface area contributed by atoms with Gasteiger partial charge >= 0.3 is 0 Å². The van der Waals surface area contributed by atoms with Crippen LogP contribution in [0.25, 0.3) is 0 Å². The van der Waals surface area contributed by atoms with Gasteiger partial charge in [-0.25, -0.2) is 4.98 Å². The number of unbranched alkanes of at least 4 members (excludes halogenated alkanes) is 1. The normalized spacial score (nSPS) is 14.8. The van der Waals surface area contributed by atoms with E-state index >= 15 is 0 Å². The van der Waals surface area contributed by atoms with Gasteiger partial charge in [-0.2, -0.15) is 0 Å². The molecule has 0 aliphatic rings. The van der Waals surface area contributed by atoms with Crippen LogP contribution in [0.3, 0.4) is 0 Å². The first kappa shape index (κ1) is 14.7. The summed E-state index contributed by atoms with van der Waals surface area (Å²) >= 11 is 1.79. The van der Waals surface area contributed by atoms with Crippen molar-refractivity contribution in [1.82, 2.24) is 10.3 Å². The minimum absolute atomic E-state index is 0.407. The molecule has 0 aromatic carbocycles. The van der Waals surface area contributed by atoms with E-state index in [1.165, 1.54) is 30.7 Å². The first-order valence-electron chi connectivity index (χ1n) is 6.85. The van der Waals surface area contributed by atoms with Crippen molar-refractivity contribution in [2.24, 2.45) is 5.41 Å². The third-order valence-corrected chi connectivity index (χ3v) is 4.35.